The zero-order chi connectivity index (χ0) is 16.2. The van der Waals surface area contributed by atoms with Gasteiger partial charge in [0, 0.05) is 11.5 Å². The number of hydrogen-bond acceptors (Lipinski definition) is 4. The largest absolute Gasteiger partial charge is 0.338 e. The van der Waals surface area contributed by atoms with E-state index in [1.54, 1.807) is 12.1 Å². The molecule has 0 bridgehead atoms. The van der Waals surface area contributed by atoms with Gasteiger partial charge in [0.2, 0.25) is 5.91 Å². The van der Waals surface area contributed by atoms with Crippen LogP contribution in [0.25, 0.3) is 10.4 Å². The van der Waals surface area contributed by atoms with Crippen LogP contribution in [0.3, 0.4) is 0 Å². The van der Waals surface area contributed by atoms with E-state index in [0.717, 1.165) is 5.56 Å². The second-order valence-electron chi connectivity index (χ2n) is 5.04. The molecule has 1 aromatic carbocycles. The molecule has 7 nitrogen and oxygen atoms in total. The minimum Gasteiger partial charge on any atom is -0.338 e. The third kappa shape index (κ3) is 3.21. The highest BCUT2D eigenvalue weighted by Gasteiger charge is 2.33. The molecule has 1 atom stereocenters. The summed E-state index contributed by atoms with van der Waals surface area (Å²) in [4.78, 5) is 21.2. The highest BCUT2D eigenvalue weighted by atomic mass is 35.5. The van der Waals surface area contributed by atoms with Gasteiger partial charge in [-0.15, -0.1) is 0 Å². The number of nitrogens with one attached hydrogen (secondary N) is 1. The van der Waals surface area contributed by atoms with E-state index in [-0.39, 0.29) is 12.5 Å². The first-order valence-corrected chi connectivity index (χ1v) is 7.35. The van der Waals surface area contributed by atoms with E-state index >= 15 is 0 Å². The monoisotopic (exact) mass is 328 g/mol. The second-order valence-corrected chi connectivity index (χ2v) is 5.42. The van der Waals surface area contributed by atoms with Crippen molar-refractivity contribution in [3.63, 3.8) is 0 Å². The van der Waals surface area contributed by atoms with Crippen molar-refractivity contribution in [2.45, 2.75) is 12.6 Å². The Labute approximate surface area is 137 Å². The van der Waals surface area contributed by atoms with Gasteiger partial charge in [-0.2, -0.15) is 0 Å². The lowest BCUT2D eigenvalue weighted by molar-refractivity contribution is -0.117. The molecule has 2 aromatic rings. The Balaban J connectivity index is 2.02. The number of anilines is 2. The van der Waals surface area contributed by atoms with Crippen molar-refractivity contribution in [3.8, 4) is 0 Å². The fourth-order valence-electron chi connectivity index (χ4n) is 2.51. The first-order valence-electron chi connectivity index (χ1n) is 6.98. The standard InChI is InChI=1S/C15H13ClN6O/c16-13-7-6-11-14(20-13)22(9-10-4-2-1-3-5-10)12(8-18-21-17)15(23)19-11/h1-7,12H,8-9H2,(H,19,23)/t12-/m1/s1. The number of nitrogens with zero attached hydrogens (tertiary/aromatic N) is 5. The molecule has 0 saturated heterocycles. The molecule has 0 saturated carbocycles. The second kappa shape index (κ2) is 6.56. The smallest absolute Gasteiger partial charge is 0.247 e. The van der Waals surface area contributed by atoms with Gasteiger partial charge in [-0.05, 0) is 23.2 Å². The number of pyridine rings is 1. The average Bonchev–Trinajstić information content (AvgIpc) is 2.56. The first-order chi connectivity index (χ1) is 11.2. The van der Waals surface area contributed by atoms with Crippen LogP contribution in [0.15, 0.2) is 47.6 Å². The van der Waals surface area contributed by atoms with Crippen molar-refractivity contribution in [2.24, 2.45) is 5.11 Å². The van der Waals surface area contributed by atoms with Gasteiger partial charge < -0.3 is 10.2 Å². The Bertz CT molecular complexity index is 775. The van der Waals surface area contributed by atoms with Crippen LogP contribution in [0.4, 0.5) is 11.5 Å². The molecule has 1 aliphatic heterocycles. The van der Waals surface area contributed by atoms with Crippen molar-refractivity contribution in [2.75, 3.05) is 16.8 Å². The number of rotatable bonds is 4. The number of fused-ring (bicyclic) bond motifs is 1. The van der Waals surface area contributed by atoms with Crippen molar-refractivity contribution < 1.29 is 4.79 Å². The number of aromatic nitrogens is 1. The van der Waals surface area contributed by atoms with Crippen molar-refractivity contribution in [3.05, 3.63) is 63.6 Å². The number of halogens is 1. The number of carbonyl (C=O) groups excluding carboxylic acids is 1. The lowest BCUT2D eigenvalue weighted by Gasteiger charge is -2.36. The summed E-state index contributed by atoms with van der Waals surface area (Å²) < 4.78 is 0. The molecule has 0 aliphatic carbocycles. The topological polar surface area (TPSA) is 94.0 Å². The maximum Gasteiger partial charge on any atom is 0.247 e. The number of benzene rings is 1. The van der Waals surface area contributed by atoms with Crippen LogP contribution in [-0.2, 0) is 11.3 Å². The molecule has 1 aromatic heterocycles. The van der Waals surface area contributed by atoms with Crippen LogP contribution in [0.1, 0.15) is 5.56 Å². The van der Waals surface area contributed by atoms with E-state index in [0.29, 0.717) is 23.2 Å². The van der Waals surface area contributed by atoms with Gasteiger partial charge in [0.05, 0.1) is 12.2 Å². The summed E-state index contributed by atoms with van der Waals surface area (Å²) in [6.07, 6.45) is 0. The minimum atomic E-state index is -0.635. The summed E-state index contributed by atoms with van der Waals surface area (Å²) in [6, 6.07) is 12.4. The fraction of sp³-hybridized carbons (Fsp3) is 0.200. The van der Waals surface area contributed by atoms with E-state index in [9.17, 15) is 4.79 Å². The van der Waals surface area contributed by atoms with Crippen LogP contribution in [0.5, 0.6) is 0 Å². The van der Waals surface area contributed by atoms with Crippen molar-refractivity contribution in [1.82, 2.24) is 4.98 Å². The van der Waals surface area contributed by atoms with E-state index in [1.807, 2.05) is 35.2 Å². The molecular formula is C15H13ClN6O. The third-order valence-corrected chi connectivity index (χ3v) is 3.77. The van der Waals surface area contributed by atoms with E-state index < -0.39 is 6.04 Å². The molecule has 1 amide bonds. The molecule has 0 spiro atoms. The highest BCUT2D eigenvalue weighted by molar-refractivity contribution is 6.29. The quantitative estimate of drug-likeness (QED) is 0.403. The van der Waals surface area contributed by atoms with Gasteiger partial charge in [0.1, 0.15) is 11.2 Å². The average molecular weight is 329 g/mol. The van der Waals surface area contributed by atoms with Gasteiger partial charge in [0.25, 0.3) is 0 Å². The summed E-state index contributed by atoms with van der Waals surface area (Å²) in [5.41, 5.74) is 10.2. The number of azide groups is 1. The van der Waals surface area contributed by atoms with Crippen LogP contribution in [0.2, 0.25) is 5.15 Å². The van der Waals surface area contributed by atoms with Crippen LogP contribution in [-0.4, -0.2) is 23.5 Å². The van der Waals surface area contributed by atoms with Gasteiger partial charge in [-0.25, -0.2) is 4.98 Å². The Morgan fingerprint density at radius 3 is 2.83 bits per heavy atom. The van der Waals surface area contributed by atoms with E-state index in [2.05, 4.69) is 20.3 Å². The Hall–Kier alpha value is -2.76. The van der Waals surface area contributed by atoms with Gasteiger partial charge in [-0.1, -0.05) is 47.0 Å². The molecule has 2 heterocycles. The molecule has 116 valence electrons. The zero-order valence-electron chi connectivity index (χ0n) is 12.1. The molecule has 0 radical (unpaired) electrons. The Morgan fingerprint density at radius 1 is 1.30 bits per heavy atom. The lowest BCUT2D eigenvalue weighted by atomic mass is 10.1. The van der Waals surface area contributed by atoms with E-state index in [1.165, 1.54) is 0 Å². The first kappa shape index (κ1) is 15.1. The molecule has 1 N–H and O–H groups in total. The van der Waals surface area contributed by atoms with Gasteiger partial charge >= 0.3 is 0 Å². The van der Waals surface area contributed by atoms with Crippen LogP contribution in [0, 0.1) is 0 Å². The van der Waals surface area contributed by atoms with E-state index in [4.69, 9.17) is 17.1 Å². The normalized spacial score (nSPS) is 16.3. The summed E-state index contributed by atoms with van der Waals surface area (Å²) in [6.45, 7) is 0.475. The molecular weight excluding hydrogens is 316 g/mol. The number of carbonyl (C=O) groups is 1. The van der Waals surface area contributed by atoms with Crippen molar-refractivity contribution >= 4 is 29.0 Å². The van der Waals surface area contributed by atoms with Crippen LogP contribution < -0.4 is 10.2 Å². The predicted octanol–water partition coefficient (Wildman–Crippen LogP) is 3.37. The van der Waals surface area contributed by atoms with Gasteiger partial charge in [-0.3, -0.25) is 4.79 Å². The molecule has 1 aliphatic rings. The maximum atomic E-state index is 12.4. The van der Waals surface area contributed by atoms with Gasteiger partial charge in [0.15, 0.2) is 5.82 Å². The number of amides is 1. The minimum absolute atomic E-state index is 0.0167. The SMILES string of the molecule is [N-]=[N+]=NC[C@@H]1C(=O)Nc2ccc(Cl)nc2N1Cc1ccccc1. The highest BCUT2D eigenvalue weighted by Crippen LogP contribution is 2.32. The molecule has 0 fully saturated rings. The molecule has 3 rings (SSSR count). The Morgan fingerprint density at radius 2 is 2.09 bits per heavy atom. The predicted molar refractivity (Wildman–Crippen MR) is 88.3 cm³/mol. The lowest BCUT2D eigenvalue weighted by Crippen LogP contribution is -2.49. The molecule has 0 unspecified atom stereocenters. The number of hydrogen-bond donors (Lipinski definition) is 1. The fourth-order valence-corrected chi connectivity index (χ4v) is 2.65. The summed E-state index contributed by atoms with van der Waals surface area (Å²) >= 11 is 6.00. The molecule has 23 heavy (non-hydrogen) atoms. The summed E-state index contributed by atoms with van der Waals surface area (Å²) in [5, 5.41) is 6.66. The van der Waals surface area contributed by atoms with Crippen LogP contribution >= 0.6 is 11.6 Å². The third-order valence-electron chi connectivity index (χ3n) is 3.56. The molecule has 8 heteroatoms. The van der Waals surface area contributed by atoms with Crippen molar-refractivity contribution in [1.29, 1.82) is 0 Å². The zero-order valence-corrected chi connectivity index (χ0v) is 12.8. The summed E-state index contributed by atoms with van der Waals surface area (Å²) in [7, 11) is 0. The summed E-state index contributed by atoms with van der Waals surface area (Å²) in [5.74, 6) is 0.337. The Kier molecular flexibility index (Phi) is 4.32. The maximum absolute atomic E-state index is 12.4.